The normalized spacial score (nSPS) is 10.1. The topological polar surface area (TPSA) is 59.7 Å². The van der Waals surface area contributed by atoms with Crippen LogP contribution in [0.2, 0.25) is 0 Å². The number of aliphatic hydroxyl groups excluding tert-OH is 1. The molecule has 4 nitrogen and oxygen atoms in total. The Bertz CT molecular complexity index is 516. The monoisotopic (exact) mass is 218 g/mol. The third-order valence-electron chi connectivity index (χ3n) is 1.98. The molecule has 0 fully saturated rings. The Morgan fingerprint density at radius 2 is 2.00 bits per heavy atom. The molecule has 1 aromatic carbocycles. The highest BCUT2D eigenvalue weighted by Crippen LogP contribution is 2.17. The Morgan fingerprint density at radius 3 is 2.62 bits per heavy atom. The predicted molar refractivity (Wildman–Crippen MR) is 57.4 cm³/mol. The number of aliphatic hydroxyl groups is 1. The highest BCUT2D eigenvalue weighted by molar-refractivity contribution is 5.28. The first-order valence-electron chi connectivity index (χ1n) is 4.75. The molecule has 0 aliphatic rings. The van der Waals surface area contributed by atoms with Crippen molar-refractivity contribution in [3.63, 3.8) is 0 Å². The minimum absolute atomic E-state index is 0.100. The standard InChI is InChI=1S/C12H10O4/c13-7-10-6-11(14)12(8-15-10)16-9-4-2-1-3-5-9/h1-6,8,13H,7H2. The van der Waals surface area contributed by atoms with E-state index in [0.29, 0.717) is 5.75 Å². The van der Waals surface area contributed by atoms with Crippen molar-refractivity contribution in [1.29, 1.82) is 0 Å². The van der Waals surface area contributed by atoms with E-state index in [1.165, 1.54) is 12.3 Å². The Morgan fingerprint density at radius 1 is 1.25 bits per heavy atom. The van der Waals surface area contributed by atoms with Crippen molar-refractivity contribution in [2.45, 2.75) is 6.61 Å². The average Bonchev–Trinajstić information content (AvgIpc) is 2.33. The van der Waals surface area contributed by atoms with Crippen LogP contribution < -0.4 is 10.2 Å². The van der Waals surface area contributed by atoms with Gasteiger partial charge in [-0.1, -0.05) is 18.2 Å². The van der Waals surface area contributed by atoms with Crippen molar-refractivity contribution >= 4 is 0 Å². The zero-order valence-corrected chi connectivity index (χ0v) is 8.42. The molecule has 0 saturated carbocycles. The Kier molecular flexibility index (Phi) is 3.03. The summed E-state index contributed by atoms with van der Waals surface area (Å²) in [6.07, 6.45) is 1.20. The molecule has 0 unspecified atom stereocenters. The summed E-state index contributed by atoms with van der Waals surface area (Å²) in [5.74, 6) is 0.875. The van der Waals surface area contributed by atoms with Crippen LogP contribution in [0.5, 0.6) is 11.5 Å². The summed E-state index contributed by atoms with van der Waals surface area (Å²) in [6.45, 7) is -0.305. The molecule has 16 heavy (non-hydrogen) atoms. The van der Waals surface area contributed by atoms with Crippen LogP contribution in [0.1, 0.15) is 5.76 Å². The second-order valence-electron chi connectivity index (χ2n) is 3.15. The molecule has 0 spiro atoms. The number of ether oxygens (including phenoxy) is 1. The van der Waals surface area contributed by atoms with E-state index in [0.717, 1.165) is 0 Å². The van der Waals surface area contributed by atoms with Crippen molar-refractivity contribution in [2.24, 2.45) is 0 Å². The van der Waals surface area contributed by atoms with Crippen molar-refractivity contribution < 1.29 is 14.3 Å². The summed E-state index contributed by atoms with van der Waals surface area (Å²) in [6, 6.07) is 10.1. The maximum absolute atomic E-state index is 11.5. The molecule has 0 atom stereocenters. The lowest BCUT2D eigenvalue weighted by molar-refractivity contribution is 0.241. The lowest BCUT2D eigenvalue weighted by Gasteiger charge is -2.03. The van der Waals surface area contributed by atoms with Gasteiger partial charge in [0.1, 0.15) is 24.4 Å². The first kappa shape index (κ1) is 10.4. The molecule has 2 rings (SSSR count). The zero-order valence-electron chi connectivity index (χ0n) is 8.42. The summed E-state index contributed by atoms with van der Waals surface area (Å²) in [7, 11) is 0. The van der Waals surface area contributed by atoms with Gasteiger partial charge < -0.3 is 14.3 Å². The molecule has 0 aliphatic heterocycles. The second kappa shape index (κ2) is 4.63. The van der Waals surface area contributed by atoms with E-state index >= 15 is 0 Å². The van der Waals surface area contributed by atoms with Gasteiger partial charge >= 0.3 is 0 Å². The molecule has 0 aliphatic carbocycles. The summed E-state index contributed by atoms with van der Waals surface area (Å²) >= 11 is 0. The number of hydrogen-bond acceptors (Lipinski definition) is 4. The van der Waals surface area contributed by atoms with Crippen LogP contribution in [0.25, 0.3) is 0 Å². The summed E-state index contributed by atoms with van der Waals surface area (Å²) < 4.78 is 10.3. The SMILES string of the molecule is O=c1cc(CO)occ1Oc1ccccc1. The lowest BCUT2D eigenvalue weighted by Crippen LogP contribution is -2.04. The van der Waals surface area contributed by atoms with Gasteiger partial charge in [-0.3, -0.25) is 4.79 Å². The molecule has 1 heterocycles. The maximum Gasteiger partial charge on any atom is 0.227 e. The molecule has 1 aromatic heterocycles. The van der Waals surface area contributed by atoms with Crippen LogP contribution in [-0.4, -0.2) is 5.11 Å². The zero-order chi connectivity index (χ0) is 11.4. The highest BCUT2D eigenvalue weighted by Gasteiger charge is 2.04. The lowest BCUT2D eigenvalue weighted by atomic mass is 10.3. The van der Waals surface area contributed by atoms with Gasteiger partial charge in [0.25, 0.3) is 0 Å². The summed E-state index contributed by atoms with van der Waals surface area (Å²) in [4.78, 5) is 11.5. The minimum atomic E-state index is -0.320. The number of rotatable bonds is 3. The molecular weight excluding hydrogens is 208 g/mol. The fraction of sp³-hybridized carbons (Fsp3) is 0.0833. The number of para-hydroxylation sites is 1. The summed E-state index contributed by atoms with van der Waals surface area (Å²) in [5.41, 5.74) is -0.320. The quantitative estimate of drug-likeness (QED) is 0.855. The molecule has 0 bridgehead atoms. The molecule has 0 saturated heterocycles. The van der Waals surface area contributed by atoms with Gasteiger partial charge in [0, 0.05) is 6.07 Å². The molecule has 1 N–H and O–H groups in total. The van der Waals surface area contributed by atoms with Crippen molar-refractivity contribution in [1.82, 2.24) is 0 Å². The van der Waals surface area contributed by atoms with Crippen molar-refractivity contribution in [3.05, 3.63) is 58.6 Å². The molecule has 4 heteroatoms. The van der Waals surface area contributed by atoms with Crippen molar-refractivity contribution in [3.8, 4) is 11.5 Å². The van der Waals surface area contributed by atoms with Crippen LogP contribution >= 0.6 is 0 Å². The third-order valence-corrected chi connectivity index (χ3v) is 1.98. The fourth-order valence-corrected chi connectivity index (χ4v) is 1.21. The molecular formula is C12H10O4. The van der Waals surface area contributed by atoms with E-state index in [2.05, 4.69) is 0 Å². The second-order valence-corrected chi connectivity index (χ2v) is 3.15. The van der Waals surface area contributed by atoms with Crippen LogP contribution in [0.15, 0.2) is 51.9 Å². The molecule has 0 radical (unpaired) electrons. The average molecular weight is 218 g/mol. The minimum Gasteiger partial charge on any atom is -0.463 e. The van der Waals surface area contributed by atoms with Gasteiger partial charge in [0.2, 0.25) is 11.2 Å². The smallest absolute Gasteiger partial charge is 0.227 e. The van der Waals surface area contributed by atoms with E-state index < -0.39 is 0 Å². The van der Waals surface area contributed by atoms with Crippen molar-refractivity contribution in [2.75, 3.05) is 0 Å². The third kappa shape index (κ3) is 2.29. The Hall–Kier alpha value is -2.07. The Balaban J connectivity index is 2.26. The van der Waals surface area contributed by atoms with E-state index in [1.54, 1.807) is 24.3 Å². The van der Waals surface area contributed by atoms with Gasteiger partial charge in [-0.2, -0.15) is 0 Å². The van der Waals surface area contributed by atoms with Crippen LogP contribution in [0.3, 0.4) is 0 Å². The highest BCUT2D eigenvalue weighted by atomic mass is 16.5. The first-order valence-corrected chi connectivity index (χ1v) is 4.75. The van der Waals surface area contributed by atoms with Gasteiger partial charge in [-0.05, 0) is 12.1 Å². The summed E-state index contributed by atoms with van der Waals surface area (Å²) in [5, 5.41) is 8.77. The van der Waals surface area contributed by atoms with Crippen LogP contribution in [0.4, 0.5) is 0 Å². The Labute approximate surface area is 91.7 Å². The predicted octanol–water partition coefficient (Wildman–Crippen LogP) is 1.92. The van der Waals surface area contributed by atoms with Crippen LogP contribution in [0, 0.1) is 0 Å². The van der Waals surface area contributed by atoms with Gasteiger partial charge in [-0.15, -0.1) is 0 Å². The number of hydrogen-bond donors (Lipinski definition) is 1. The van der Waals surface area contributed by atoms with E-state index in [-0.39, 0.29) is 23.5 Å². The van der Waals surface area contributed by atoms with Gasteiger partial charge in [0.15, 0.2) is 0 Å². The van der Waals surface area contributed by atoms with Gasteiger partial charge in [-0.25, -0.2) is 0 Å². The molecule has 0 amide bonds. The van der Waals surface area contributed by atoms with E-state index in [9.17, 15) is 4.79 Å². The van der Waals surface area contributed by atoms with E-state index in [1.807, 2.05) is 6.07 Å². The maximum atomic E-state index is 11.5. The van der Waals surface area contributed by atoms with Crippen LogP contribution in [-0.2, 0) is 6.61 Å². The fourth-order valence-electron chi connectivity index (χ4n) is 1.21. The number of benzene rings is 1. The largest absolute Gasteiger partial charge is 0.463 e. The molecule has 2 aromatic rings. The first-order chi connectivity index (χ1) is 7.79. The van der Waals surface area contributed by atoms with E-state index in [4.69, 9.17) is 14.3 Å². The molecule has 82 valence electrons. The van der Waals surface area contributed by atoms with Gasteiger partial charge in [0.05, 0.1) is 0 Å².